The second-order valence-electron chi connectivity index (χ2n) is 3.33. The van der Waals surface area contributed by atoms with Crippen molar-refractivity contribution in [1.29, 1.82) is 0 Å². The minimum atomic E-state index is -3.12. The van der Waals surface area contributed by atoms with Gasteiger partial charge in [0.2, 0.25) is 0 Å². The van der Waals surface area contributed by atoms with Crippen molar-refractivity contribution in [2.45, 2.75) is 13.8 Å². The largest absolute Gasteiger partial charge is 0.354 e. The van der Waals surface area contributed by atoms with E-state index in [1.165, 1.54) is 11.9 Å². The van der Waals surface area contributed by atoms with Gasteiger partial charge in [-0.1, -0.05) is 30.0 Å². The van der Waals surface area contributed by atoms with E-state index in [0.29, 0.717) is 13.2 Å². The molecule has 0 unspecified atom stereocenters. The first-order valence-corrected chi connectivity index (χ1v) is 7.44. The van der Waals surface area contributed by atoms with Crippen LogP contribution < -0.4 is 0 Å². The van der Waals surface area contributed by atoms with Gasteiger partial charge in [0, 0.05) is 11.4 Å². The zero-order valence-corrected chi connectivity index (χ0v) is 11.5. The Morgan fingerprint density at radius 3 is 2.33 bits per heavy atom. The molecule has 0 fully saturated rings. The molecule has 0 aliphatic carbocycles. The van der Waals surface area contributed by atoms with E-state index in [4.69, 9.17) is 9.05 Å². The van der Waals surface area contributed by atoms with Crippen LogP contribution >= 0.6 is 7.60 Å². The first-order valence-electron chi connectivity index (χ1n) is 5.83. The molecule has 0 N–H and O–H groups in total. The molecular formula is C14H17O3P. The average molecular weight is 264 g/mol. The monoisotopic (exact) mass is 264 g/mol. The molecule has 1 rings (SSSR count). The number of allylic oxidation sites excluding steroid dienone is 1. The van der Waals surface area contributed by atoms with Crippen molar-refractivity contribution in [3.8, 4) is 11.8 Å². The maximum atomic E-state index is 12.0. The average Bonchev–Trinajstić information content (AvgIpc) is 2.37. The third-order valence-corrected chi connectivity index (χ3v) is 3.70. The Kier molecular flexibility index (Phi) is 6.46. The molecule has 0 heterocycles. The number of hydrogen-bond donors (Lipinski definition) is 0. The summed E-state index contributed by atoms with van der Waals surface area (Å²) in [7, 11) is -3.12. The van der Waals surface area contributed by atoms with E-state index in [9.17, 15) is 4.57 Å². The molecular weight excluding hydrogens is 247 g/mol. The van der Waals surface area contributed by atoms with Crippen molar-refractivity contribution in [1.82, 2.24) is 0 Å². The van der Waals surface area contributed by atoms with Crippen LogP contribution in [0.15, 0.2) is 42.2 Å². The van der Waals surface area contributed by atoms with Crippen molar-refractivity contribution < 1.29 is 13.6 Å². The van der Waals surface area contributed by atoms with E-state index in [1.54, 1.807) is 13.8 Å². The molecule has 0 spiro atoms. The molecule has 18 heavy (non-hydrogen) atoms. The molecule has 0 saturated carbocycles. The van der Waals surface area contributed by atoms with Crippen LogP contribution in [0.2, 0.25) is 0 Å². The number of benzene rings is 1. The van der Waals surface area contributed by atoms with E-state index in [2.05, 4.69) is 11.8 Å². The van der Waals surface area contributed by atoms with Gasteiger partial charge >= 0.3 is 7.60 Å². The summed E-state index contributed by atoms with van der Waals surface area (Å²) < 4.78 is 22.2. The van der Waals surface area contributed by atoms with Crippen molar-refractivity contribution >= 4 is 7.60 Å². The van der Waals surface area contributed by atoms with Crippen LogP contribution in [-0.4, -0.2) is 13.2 Å². The third kappa shape index (κ3) is 5.33. The van der Waals surface area contributed by atoms with Crippen molar-refractivity contribution in [2.75, 3.05) is 13.2 Å². The summed E-state index contributed by atoms with van der Waals surface area (Å²) in [6.45, 7) is 4.23. The maximum Gasteiger partial charge on any atom is 0.354 e. The molecule has 0 bridgehead atoms. The maximum absolute atomic E-state index is 12.0. The molecule has 0 aliphatic rings. The Morgan fingerprint density at radius 2 is 1.78 bits per heavy atom. The van der Waals surface area contributed by atoms with E-state index in [-0.39, 0.29) is 0 Å². The van der Waals surface area contributed by atoms with Gasteiger partial charge < -0.3 is 9.05 Å². The fourth-order valence-corrected chi connectivity index (χ4v) is 2.48. The number of rotatable bonds is 5. The minimum Gasteiger partial charge on any atom is -0.306 e. The summed E-state index contributed by atoms with van der Waals surface area (Å²) in [5.74, 6) is 7.14. The first kappa shape index (κ1) is 14.7. The highest BCUT2D eigenvalue weighted by Crippen LogP contribution is 2.49. The van der Waals surface area contributed by atoms with Crippen LogP contribution in [0, 0.1) is 11.8 Å². The molecule has 1 aromatic rings. The van der Waals surface area contributed by atoms with Crippen LogP contribution in [0.25, 0.3) is 0 Å². The third-order valence-electron chi connectivity index (χ3n) is 1.95. The van der Waals surface area contributed by atoms with Gasteiger partial charge in [0.1, 0.15) is 0 Å². The van der Waals surface area contributed by atoms with Gasteiger partial charge in [-0.25, -0.2) is 0 Å². The zero-order chi connectivity index (χ0) is 13.3. The molecule has 0 saturated heterocycles. The molecule has 96 valence electrons. The predicted molar refractivity (Wildman–Crippen MR) is 73.3 cm³/mol. The molecule has 0 atom stereocenters. The van der Waals surface area contributed by atoms with Crippen molar-refractivity contribution in [2.24, 2.45) is 0 Å². The fraction of sp³-hybridized carbons (Fsp3) is 0.286. The van der Waals surface area contributed by atoms with E-state index >= 15 is 0 Å². The topological polar surface area (TPSA) is 35.5 Å². The van der Waals surface area contributed by atoms with E-state index in [1.807, 2.05) is 30.3 Å². The lowest BCUT2D eigenvalue weighted by Crippen LogP contribution is -1.92. The standard InChI is InChI=1S/C14H17O3P/c1-3-16-18(15,17-4-2)13-9-8-12-14-10-6-5-7-11-14/h5-7,9-11,13H,3-4H2,1-2H3/b13-9-. The van der Waals surface area contributed by atoms with Gasteiger partial charge in [0.05, 0.1) is 13.2 Å². The van der Waals surface area contributed by atoms with Crippen LogP contribution in [-0.2, 0) is 13.6 Å². The summed E-state index contributed by atoms with van der Waals surface area (Å²) in [5, 5.41) is 0. The summed E-state index contributed by atoms with van der Waals surface area (Å²) in [4.78, 5) is 0. The number of hydrogen-bond acceptors (Lipinski definition) is 3. The Morgan fingerprint density at radius 1 is 1.17 bits per heavy atom. The summed E-state index contributed by atoms with van der Waals surface area (Å²) in [6.07, 6.45) is 1.51. The highest BCUT2D eigenvalue weighted by molar-refractivity contribution is 7.57. The Balaban J connectivity index is 2.68. The molecule has 0 amide bonds. The Bertz CT molecular complexity index is 473. The lowest BCUT2D eigenvalue weighted by molar-refractivity contribution is 0.229. The lowest BCUT2D eigenvalue weighted by atomic mass is 10.2. The van der Waals surface area contributed by atoms with Gasteiger partial charge in [-0.15, -0.1) is 0 Å². The van der Waals surface area contributed by atoms with E-state index in [0.717, 1.165) is 5.56 Å². The quantitative estimate of drug-likeness (QED) is 0.599. The van der Waals surface area contributed by atoms with Crippen molar-refractivity contribution in [3.63, 3.8) is 0 Å². The van der Waals surface area contributed by atoms with Gasteiger partial charge in [-0.3, -0.25) is 4.57 Å². The van der Waals surface area contributed by atoms with Crippen LogP contribution in [0.3, 0.4) is 0 Å². The minimum absolute atomic E-state index is 0.341. The normalized spacial score (nSPS) is 11.2. The van der Waals surface area contributed by atoms with Crippen LogP contribution in [0.5, 0.6) is 0 Å². The Labute approximate surface area is 108 Å². The lowest BCUT2D eigenvalue weighted by Gasteiger charge is -2.11. The fourth-order valence-electron chi connectivity index (χ4n) is 1.26. The SMILES string of the molecule is CCOP(=O)(/C=C\C#Cc1ccccc1)OCC. The smallest absolute Gasteiger partial charge is 0.306 e. The molecule has 1 aromatic carbocycles. The second kappa shape index (κ2) is 7.89. The zero-order valence-electron chi connectivity index (χ0n) is 10.6. The first-order chi connectivity index (χ1) is 8.70. The van der Waals surface area contributed by atoms with Crippen LogP contribution in [0.4, 0.5) is 0 Å². The highest BCUT2D eigenvalue weighted by atomic mass is 31.2. The molecule has 4 heteroatoms. The molecule has 0 radical (unpaired) electrons. The predicted octanol–water partition coefficient (Wildman–Crippen LogP) is 3.82. The highest BCUT2D eigenvalue weighted by Gasteiger charge is 2.18. The second-order valence-corrected chi connectivity index (χ2v) is 5.22. The summed E-state index contributed by atoms with van der Waals surface area (Å²) in [5.41, 5.74) is 0.907. The molecule has 0 aliphatic heterocycles. The summed E-state index contributed by atoms with van der Waals surface area (Å²) in [6, 6.07) is 9.58. The van der Waals surface area contributed by atoms with Crippen molar-refractivity contribution in [3.05, 3.63) is 47.8 Å². The van der Waals surface area contributed by atoms with Crippen LogP contribution in [0.1, 0.15) is 19.4 Å². The van der Waals surface area contributed by atoms with Gasteiger partial charge in [0.15, 0.2) is 0 Å². The van der Waals surface area contributed by atoms with Gasteiger partial charge in [-0.05, 0) is 32.1 Å². The summed E-state index contributed by atoms with van der Waals surface area (Å²) >= 11 is 0. The Hall–Kier alpha value is -1.33. The van der Waals surface area contributed by atoms with E-state index < -0.39 is 7.60 Å². The van der Waals surface area contributed by atoms with Gasteiger partial charge in [-0.2, -0.15) is 0 Å². The van der Waals surface area contributed by atoms with Gasteiger partial charge in [0.25, 0.3) is 0 Å². The molecule has 0 aromatic heterocycles. The molecule has 3 nitrogen and oxygen atoms in total.